The van der Waals surface area contributed by atoms with Gasteiger partial charge in [0.15, 0.2) is 0 Å². The third kappa shape index (κ3) is 3.97. The van der Waals surface area contributed by atoms with Crippen LogP contribution in [-0.4, -0.2) is 54.4 Å². The topological polar surface area (TPSA) is 52.6 Å². The first kappa shape index (κ1) is 13.2. The minimum atomic E-state index is -4.43. The van der Waals surface area contributed by atoms with Crippen molar-refractivity contribution < 1.29 is 23.1 Å². The van der Waals surface area contributed by atoms with Crippen molar-refractivity contribution in [3.8, 4) is 0 Å². The summed E-state index contributed by atoms with van der Waals surface area (Å²) in [5, 5.41) is 11.5. The van der Waals surface area contributed by atoms with Crippen molar-refractivity contribution in [2.24, 2.45) is 0 Å². The second-order valence-corrected chi connectivity index (χ2v) is 3.75. The Labute approximate surface area is 91.4 Å². The van der Waals surface area contributed by atoms with Crippen LogP contribution in [0, 0.1) is 0 Å². The summed E-state index contributed by atoms with van der Waals surface area (Å²) in [5.41, 5.74) is 0. The molecule has 0 saturated carbocycles. The van der Waals surface area contributed by atoms with Crippen LogP contribution in [-0.2, 0) is 4.79 Å². The summed E-state index contributed by atoms with van der Waals surface area (Å²) in [6.07, 6.45) is -3.09. The summed E-state index contributed by atoms with van der Waals surface area (Å²) in [7, 11) is 0. The van der Waals surface area contributed by atoms with Crippen LogP contribution >= 0.6 is 0 Å². The molecule has 0 aromatic rings. The Balaban J connectivity index is 2.57. The zero-order valence-corrected chi connectivity index (χ0v) is 8.76. The van der Waals surface area contributed by atoms with Gasteiger partial charge >= 0.3 is 6.18 Å². The molecule has 1 heterocycles. The fraction of sp³-hybridized carbons (Fsp3) is 0.889. The van der Waals surface area contributed by atoms with Gasteiger partial charge in [-0.2, -0.15) is 13.2 Å². The molecule has 94 valence electrons. The van der Waals surface area contributed by atoms with Gasteiger partial charge in [0.25, 0.3) is 0 Å². The molecule has 7 heteroatoms. The normalized spacial score (nSPS) is 21.1. The zero-order chi connectivity index (χ0) is 12.2. The van der Waals surface area contributed by atoms with Crippen molar-refractivity contribution in [2.45, 2.75) is 25.1 Å². The summed E-state index contributed by atoms with van der Waals surface area (Å²) in [6, 6.07) is -0.533. The Kier molecular flexibility index (Phi) is 4.55. The number of alkyl halides is 3. The van der Waals surface area contributed by atoms with Crippen LogP contribution < -0.4 is 5.32 Å². The predicted molar refractivity (Wildman–Crippen MR) is 50.7 cm³/mol. The fourth-order valence-electron chi connectivity index (χ4n) is 1.72. The molecule has 4 nitrogen and oxygen atoms in total. The molecule has 16 heavy (non-hydrogen) atoms. The number of hydrogen-bond acceptors (Lipinski definition) is 3. The SMILES string of the molecule is O=C(C1CCCN1)N(CCO)CC(F)(F)F. The van der Waals surface area contributed by atoms with E-state index in [0.717, 1.165) is 6.42 Å². The molecule has 0 bridgehead atoms. The minimum absolute atomic E-state index is 0.281. The van der Waals surface area contributed by atoms with Crippen LogP contribution in [0.15, 0.2) is 0 Å². The van der Waals surface area contributed by atoms with Gasteiger partial charge < -0.3 is 15.3 Å². The van der Waals surface area contributed by atoms with E-state index in [2.05, 4.69) is 5.32 Å². The lowest BCUT2D eigenvalue weighted by Crippen LogP contribution is -2.48. The monoisotopic (exact) mass is 240 g/mol. The van der Waals surface area contributed by atoms with E-state index < -0.39 is 31.3 Å². The lowest BCUT2D eigenvalue weighted by Gasteiger charge is -2.25. The highest BCUT2D eigenvalue weighted by molar-refractivity contribution is 5.82. The summed E-state index contributed by atoms with van der Waals surface area (Å²) >= 11 is 0. The van der Waals surface area contributed by atoms with E-state index in [1.165, 1.54) is 0 Å². The van der Waals surface area contributed by atoms with Crippen LogP contribution in [0.4, 0.5) is 13.2 Å². The van der Waals surface area contributed by atoms with Gasteiger partial charge in [0.2, 0.25) is 5.91 Å². The average Bonchev–Trinajstić information content (AvgIpc) is 2.66. The third-order valence-electron chi connectivity index (χ3n) is 2.41. The van der Waals surface area contributed by atoms with Crippen LogP contribution in [0.3, 0.4) is 0 Å². The molecule has 1 aliphatic rings. The number of rotatable bonds is 4. The highest BCUT2D eigenvalue weighted by Gasteiger charge is 2.35. The van der Waals surface area contributed by atoms with Crippen LogP contribution in [0.2, 0.25) is 0 Å². The molecule has 1 rings (SSSR count). The van der Waals surface area contributed by atoms with Crippen molar-refractivity contribution >= 4 is 5.91 Å². The van der Waals surface area contributed by atoms with E-state index in [0.29, 0.717) is 17.9 Å². The predicted octanol–water partition coefficient (Wildman–Crippen LogP) is 0.122. The molecule has 1 amide bonds. The maximum atomic E-state index is 12.2. The van der Waals surface area contributed by atoms with Crippen molar-refractivity contribution in [3.63, 3.8) is 0 Å². The van der Waals surface area contributed by atoms with Gasteiger partial charge in [0, 0.05) is 6.54 Å². The standard InChI is InChI=1S/C9H15F3N2O2/c10-9(11,12)6-14(4-5-15)8(16)7-2-1-3-13-7/h7,13,15H,1-6H2. The van der Waals surface area contributed by atoms with Crippen LogP contribution in [0.5, 0.6) is 0 Å². The molecule has 0 aromatic heterocycles. The number of carbonyl (C=O) groups is 1. The molecule has 1 aliphatic heterocycles. The summed E-state index contributed by atoms with van der Waals surface area (Å²) in [5.74, 6) is -0.580. The number of aliphatic hydroxyl groups excluding tert-OH is 1. The molecule has 1 saturated heterocycles. The number of carbonyl (C=O) groups excluding carboxylic acids is 1. The quantitative estimate of drug-likeness (QED) is 0.734. The molecule has 0 aliphatic carbocycles. The van der Waals surface area contributed by atoms with Crippen molar-refractivity contribution in [3.05, 3.63) is 0 Å². The van der Waals surface area contributed by atoms with Gasteiger partial charge in [-0.3, -0.25) is 4.79 Å². The van der Waals surface area contributed by atoms with E-state index in [-0.39, 0.29) is 6.54 Å². The van der Waals surface area contributed by atoms with E-state index in [1.807, 2.05) is 0 Å². The summed E-state index contributed by atoms with van der Waals surface area (Å²) in [6.45, 7) is -1.40. The molecular formula is C9H15F3N2O2. The van der Waals surface area contributed by atoms with Crippen LogP contribution in [0.1, 0.15) is 12.8 Å². The van der Waals surface area contributed by atoms with Gasteiger partial charge in [-0.1, -0.05) is 0 Å². The molecule has 0 spiro atoms. The van der Waals surface area contributed by atoms with Crippen LogP contribution in [0.25, 0.3) is 0 Å². The number of aliphatic hydroxyl groups is 1. The lowest BCUT2D eigenvalue weighted by atomic mass is 10.2. The van der Waals surface area contributed by atoms with E-state index in [1.54, 1.807) is 0 Å². The fourth-order valence-corrected chi connectivity index (χ4v) is 1.72. The Morgan fingerprint density at radius 1 is 1.50 bits per heavy atom. The first-order valence-electron chi connectivity index (χ1n) is 5.14. The first-order valence-corrected chi connectivity index (χ1v) is 5.14. The minimum Gasteiger partial charge on any atom is -0.395 e. The number of hydrogen-bond donors (Lipinski definition) is 2. The maximum Gasteiger partial charge on any atom is 0.406 e. The number of amides is 1. The van der Waals surface area contributed by atoms with Crippen molar-refractivity contribution in [1.29, 1.82) is 0 Å². The number of nitrogens with one attached hydrogen (secondary N) is 1. The molecular weight excluding hydrogens is 225 g/mol. The molecule has 0 radical (unpaired) electrons. The average molecular weight is 240 g/mol. The highest BCUT2D eigenvalue weighted by Crippen LogP contribution is 2.18. The summed E-state index contributed by atoms with van der Waals surface area (Å²) < 4.78 is 36.5. The lowest BCUT2D eigenvalue weighted by molar-refractivity contribution is -0.163. The largest absolute Gasteiger partial charge is 0.406 e. The van der Waals surface area contributed by atoms with Crippen molar-refractivity contribution in [1.82, 2.24) is 10.2 Å². The molecule has 1 fully saturated rings. The van der Waals surface area contributed by atoms with Gasteiger partial charge in [-0.15, -0.1) is 0 Å². The van der Waals surface area contributed by atoms with Gasteiger partial charge in [0.1, 0.15) is 6.54 Å². The van der Waals surface area contributed by atoms with E-state index in [9.17, 15) is 18.0 Å². The molecule has 1 atom stereocenters. The van der Waals surface area contributed by atoms with E-state index >= 15 is 0 Å². The molecule has 0 aromatic carbocycles. The Morgan fingerprint density at radius 3 is 2.62 bits per heavy atom. The van der Waals surface area contributed by atoms with Gasteiger partial charge in [-0.05, 0) is 19.4 Å². The second-order valence-electron chi connectivity index (χ2n) is 3.75. The van der Waals surface area contributed by atoms with Gasteiger partial charge in [0.05, 0.1) is 12.6 Å². The van der Waals surface area contributed by atoms with Crippen molar-refractivity contribution in [2.75, 3.05) is 26.2 Å². The Bertz CT molecular complexity index is 239. The highest BCUT2D eigenvalue weighted by atomic mass is 19.4. The zero-order valence-electron chi connectivity index (χ0n) is 8.76. The number of halogens is 3. The first-order chi connectivity index (χ1) is 7.44. The Morgan fingerprint density at radius 2 is 2.19 bits per heavy atom. The molecule has 2 N–H and O–H groups in total. The molecule has 1 unspecified atom stereocenters. The number of nitrogens with zero attached hydrogens (tertiary/aromatic N) is 1. The second kappa shape index (κ2) is 5.49. The Hall–Kier alpha value is -0.820. The maximum absolute atomic E-state index is 12.2. The van der Waals surface area contributed by atoms with E-state index in [4.69, 9.17) is 5.11 Å². The third-order valence-corrected chi connectivity index (χ3v) is 2.41. The van der Waals surface area contributed by atoms with Gasteiger partial charge in [-0.25, -0.2) is 0 Å². The summed E-state index contributed by atoms with van der Waals surface area (Å²) in [4.78, 5) is 12.3. The smallest absolute Gasteiger partial charge is 0.395 e.